The lowest BCUT2D eigenvalue weighted by Crippen LogP contribution is -2.14. The van der Waals surface area contributed by atoms with Gasteiger partial charge in [0.15, 0.2) is 0 Å². The molecule has 20 heavy (non-hydrogen) atoms. The van der Waals surface area contributed by atoms with Crippen molar-refractivity contribution in [2.24, 2.45) is 0 Å². The fraction of sp³-hybridized carbons (Fsp3) is 0.188. The molecule has 2 aromatic rings. The van der Waals surface area contributed by atoms with Crippen LogP contribution >= 0.6 is 28.6 Å². The molecule has 2 aromatic carbocycles. The molecule has 0 saturated carbocycles. The van der Waals surface area contributed by atoms with Gasteiger partial charge in [-0.2, -0.15) is 0 Å². The number of thiol groups is 1. The van der Waals surface area contributed by atoms with Gasteiger partial charge in [-0.3, -0.25) is 4.79 Å². The fourth-order valence-corrected chi connectivity index (χ4v) is 3.11. The first-order valence-electron chi connectivity index (χ1n) is 6.26. The SMILES string of the molecule is Cc1cc(C)c(NC(=O)c2ccc(Br)cc2S)c(C)c1. The summed E-state index contributed by atoms with van der Waals surface area (Å²) in [6, 6.07) is 9.54. The molecule has 2 rings (SSSR count). The second kappa shape index (κ2) is 6.02. The van der Waals surface area contributed by atoms with E-state index in [4.69, 9.17) is 0 Å². The Morgan fingerprint density at radius 2 is 1.70 bits per heavy atom. The van der Waals surface area contributed by atoms with Crippen molar-refractivity contribution in [1.82, 2.24) is 0 Å². The van der Waals surface area contributed by atoms with Gasteiger partial charge in [-0.1, -0.05) is 33.6 Å². The van der Waals surface area contributed by atoms with Gasteiger partial charge in [0.1, 0.15) is 0 Å². The molecule has 0 heterocycles. The average molecular weight is 350 g/mol. The summed E-state index contributed by atoms with van der Waals surface area (Å²) in [5.41, 5.74) is 4.76. The Morgan fingerprint density at radius 3 is 2.25 bits per heavy atom. The summed E-state index contributed by atoms with van der Waals surface area (Å²) in [4.78, 5) is 13.0. The van der Waals surface area contributed by atoms with Crippen LogP contribution in [0.3, 0.4) is 0 Å². The number of halogens is 1. The van der Waals surface area contributed by atoms with E-state index in [-0.39, 0.29) is 5.91 Å². The quantitative estimate of drug-likeness (QED) is 0.740. The number of hydrogen-bond acceptors (Lipinski definition) is 2. The van der Waals surface area contributed by atoms with Gasteiger partial charge in [0.2, 0.25) is 0 Å². The van der Waals surface area contributed by atoms with E-state index in [9.17, 15) is 4.79 Å². The van der Waals surface area contributed by atoms with Crippen molar-refractivity contribution in [1.29, 1.82) is 0 Å². The molecule has 0 unspecified atom stereocenters. The van der Waals surface area contributed by atoms with Crippen molar-refractivity contribution in [2.45, 2.75) is 25.7 Å². The first-order valence-corrected chi connectivity index (χ1v) is 7.50. The zero-order valence-electron chi connectivity index (χ0n) is 11.6. The predicted molar refractivity (Wildman–Crippen MR) is 90.0 cm³/mol. The summed E-state index contributed by atoms with van der Waals surface area (Å²) >= 11 is 7.71. The van der Waals surface area contributed by atoms with E-state index in [1.54, 1.807) is 6.07 Å². The first-order chi connectivity index (χ1) is 9.38. The highest BCUT2D eigenvalue weighted by Gasteiger charge is 2.13. The van der Waals surface area contributed by atoms with Crippen LogP contribution < -0.4 is 5.32 Å². The van der Waals surface area contributed by atoms with Crippen LogP contribution in [0.5, 0.6) is 0 Å². The van der Waals surface area contributed by atoms with Crippen LogP contribution in [0.25, 0.3) is 0 Å². The summed E-state index contributed by atoms with van der Waals surface area (Å²) in [6.07, 6.45) is 0. The lowest BCUT2D eigenvalue weighted by Gasteiger charge is -2.13. The van der Waals surface area contributed by atoms with E-state index >= 15 is 0 Å². The maximum atomic E-state index is 12.4. The predicted octanol–water partition coefficient (Wildman–Crippen LogP) is 4.92. The molecule has 0 aliphatic heterocycles. The Bertz CT molecular complexity index is 659. The summed E-state index contributed by atoms with van der Waals surface area (Å²) in [5.74, 6) is -0.141. The van der Waals surface area contributed by atoms with Crippen molar-refractivity contribution in [3.63, 3.8) is 0 Å². The van der Waals surface area contributed by atoms with E-state index in [0.29, 0.717) is 10.5 Å². The molecule has 0 aliphatic rings. The minimum Gasteiger partial charge on any atom is -0.321 e. The van der Waals surface area contributed by atoms with Gasteiger partial charge in [-0.05, 0) is 50.1 Å². The molecular weight excluding hydrogens is 334 g/mol. The van der Waals surface area contributed by atoms with Gasteiger partial charge in [-0.15, -0.1) is 12.6 Å². The number of anilines is 1. The Balaban J connectivity index is 2.33. The molecule has 1 amide bonds. The number of nitrogens with one attached hydrogen (secondary N) is 1. The third-order valence-electron chi connectivity index (χ3n) is 3.12. The van der Waals surface area contributed by atoms with Crippen molar-refractivity contribution < 1.29 is 4.79 Å². The van der Waals surface area contributed by atoms with Gasteiger partial charge in [-0.25, -0.2) is 0 Å². The molecule has 0 bridgehead atoms. The van der Waals surface area contributed by atoms with Crippen molar-refractivity contribution >= 4 is 40.2 Å². The van der Waals surface area contributed by atoms with Crippen molar-refractivity contribution in [3.8, 4) is 0 Å². The Hall–Kier alpha value is -1.26. The largest absolute Gasteiger partial charge is 0.321 e. The molecule has 0 aliphatic carbocycles. The molecule has 104 valence electrons. The number of rotatable bonds is 2. The van der Waals surface area contributed by atoms with E-state index in [1.165, 1.54) is 5.56 Å². The molecular formula is C16H16BrNOS. The monoisotopic (exact) mass is 349 g/mol. The lowest BCUT2D eigenvalue weighted by atomic mass is 10.0. The normalized spacial score (nSPS) is 10.4. The molecule has 2 nitrogen and oxygen atoms in total. The number of carbonyl (C=O) groups excluding carboxylic acids is 1. The maximum Gasteiger partial charge on any atom is 0.256 e. The topological polar surface area (TPSA) is 29.1 Å². The number of amides is 1. The molecule has 0 atom stereocenters. The molecule has 0 radical (unpaired) electrons. The number of benzene rings is 2. The van der Waals surface area contributed by atoms with Crippen LogP contribution in [-0.4, -0.2) is 5.91 Å². The van der Waals surface area contributed by atoms with Crippen LogP contribution in [0.4, 0.5) is 5.69 Å². The molecule has 1 N–H and O–H groups in total. The highest BCUT2D eigenvalue weighted by molar-refractivity contribution is 9.10. The molecule has 0 saturated heterocycles. The van der Waals surface area contributed by atoms with Gasteiger partial charge < -0.3 is 5.32 Å². The second-order valence-corrected chi connectivity index (χ2v) is 6.29. The Kier molecular flexibility index (Phi) is 4.55. The number of carbonyl (C=O) groups is 1. The Morgan fingerprint density at radius 1 is 1.10 bits per heavy atom. The van der Waals surface area contributed by atoms with Crippen LogP contribution in [0.1, 0.15) is 27.0 Å². The maximum absolute atomic E-state index is 12.4. The van der Waals surface area contributed by atoms with Crippen LogP contribution in [0.2, 0.25) is 0 Å². The van der Waals surface area contributed by atoms with E-state index in [0.717, 1.165) is 21.3 Å². The summed E-state index contributed by atoms with van der Waals surface area (Å²) in [5, 5.41) is 2.98. The highest BCUT2D eigenvalue weighted by atomic mass is 79.9. The van der Waals surface area contributed by atoms with Gasteiger partial charge in [0.25, 0.3) is 5.91 Å². The van der Waals surface area contributed by atoms with Crippen LogP contribution in [0, 0.1) is 20.8 Å². The van der Waals surface area contributed by atoms with Crippen molar-refractivity contribution in [3.05, 3.63) is 57.1 Å². The lowest BCUT2D eigenvalue weighted by molar-refractivity contribution is 0.102. The zero-order valence-corrected chi connectivity index (χ0v) is 14.1. The van der Waals surface area contributed by atoms with Gasteiger partial charge in [0, 0.05) is 15.1 Å². The second-order valence-electron chi connectivity index (χ2n) is 4.89. The smallest absolute Gasteiger partial charge is 0.256 e. The molecule has 0 aromatic heterocycles. The third kappa shape index (κ3) is 3.25. The molecule has 0 spiro atoms. The fourth-order valence-electron chi connectivity index (χ4n) is 2.25. The van der Waals surface area contributed by atoms with Crippen LogP contribution in [-0.2, 0) is 0 Å². The van der Waals surface area contributed by atoms with E-state index in [1.807, 2.05) is 32.9 Å². The standard InChI is InChI=1S/C16H16BrNOS/c1-9-6-10(2)15(11(3)7-9)18-16(19)13-5-4-12(17)8-14(13)20/h4-8,20H,1-3H3,(H,18,19). The third-order valence-corrected chi connectivity index (χ3v) is 3.98. The summed E-state index contributed by atoms with van der Waals surface area (Å²) in [7, 11) is 0. The van der Waals surface area contributed by atoms with Gasteiger partial charge in [0.05, 0.1) is 5.56 Å². The average Bonchev–Trinajstić information content (AvgIpc) is 2.33. The number of hydrogen-bond donors (Lipinski definition) is 2. The summed E-state index contributed by atoms with van der Waals surface area (Å²) < 4.78 is 0.904. The molecule has 0 fully saturated rings. The van der Waals surface area contributed by atoms with Crippen molar-refractivity contribution in [2.75, 3.05) is 5.32 Å². The minimum absolute atomic E-state index is 0.141. The van der Waals surface area contributed by atoms with Crippen LogP contribution in [0.15, 0.2) is 39.7 Å². The van der Waals surface area contributed by atoms with Gasteiger partial charge >= 0.3 is 0 Å². The first kappa shape index (κ1) is 15.1. The zero-order chi connectivity index (χ0) is 14.9. The Labute approximate surface area is 133 Å². The summed E-state index contributed by atoms with van der Waals surface area (Å²) in [6.45, 7) is 6.05. The highest BCUT2D eigenvalue weighted by Crippen LogP contribution is 2.25. The number of aryl methyl sites for hydroxylation is 3. The van der Waals surface area contributed by atoms with E-state index in [2.05, 4.69) is 46.0 Å². The minimum atomic E-state index is -0.141. The molecule has 4 heteroatoms. The van der Waals surface area contributed by atoms with E-state index < -0.39 is 0 Å².